The second kappa shape index (κ2) is 12.4. The zero-order valence-corrected chi connectivity index (χ0v) is 30.7. The summed E-state index contributed by atoms with van der Waals surface area (Å²) in [4.78, 5) is 15.2. The summed E-state index contributed by atoms with van der Waals surface area (Å²) in [5.41, 5.74) is 8.02. The van der Waals surface area contributed by atoms with Crippen LogP contribution in [0, 0.1) is 0 Å². The normalized spacial score (nSPS) is 11.9. The number of para-hydroxylation sites is 2. The number of hydrogen-bond donors (Lipinski definition) is 0. The van der Waals surface area contributed by atoms with Crippen molar-refractivity contribution in [3.8, 4) is 28.5 Å². The lowest BCUT2D eigenvalue weighted by atomic mass is 10.0. The zero-order valence-electron chi connectivity index (χ0n) is 30.7. The largest absolute Gasteiger partial charge is 0.454 e. The summed E-state index contributed by atoms with van der Waals surface area (Å²) in [5, 5.41) is 11.7. The molecule has 0 amide bonds. The zero-order chi connectivity index (χ0) is 37.5. The van der Waals surface area contributed by atoms with E-state index < -0.39 is 0 Å². The Morgan fingerprint density at radius 3 is 1.75 bits per heavy atom. The summed E-state index contributed by atoms with van der Waals surface area (Å²) in [7, 11) is 0. The Morgan fingerprint density at radius 2 is 1.02 bits per heavy atom. The number of nitrogens with zero attached hydrogens (tertiary/aromatic N) is 4. The van der Waals surface area contributed by atoms with E-state index >= 15 is 0 Å². The third-order valence-corrected chi connectivity index (χ3v) is 11.4. The first kappa shape index (κ1) is 31.7. The molecule has 0 N–H and O–H groups in total. The maximum Gasteiger partial charge on any atom is 0.163 e. The van der Waals surface area contributed by atoms with Gasteiger partial charge in [-0.2, -0.15) is 0 Å². The third-order valence-electron chi connectivity index (χ3n) is 11.4. The fraction of sp³-hybridized carbons (Fsp3) is 0.0192. The summed E-state index contributed by atoms with van der Waals surface area (Å²) < 4.78 is 9.27. The van der Waals surface area contributed by atoms with E-state index in [0.717, 1.165) is 60.6 Å². The molecule has 5 nitrogen and oxygen atoms in total. The Hall–Kier alpha value is -7.63. The second-order valence-corrected chi connectivity index (χ2v) is 14.8. The van der Waals surface area contributed by atoms with Crippen molar-refractivity contribution in [1.29, 1.82) is 0 Å². The van der Waals surface area contributed by atoms with Crippen molar-refractivity contribution < 1.29 is 4.42 Å². The molecule has 3 heterocycles. The summed E-state index contributed by atoms with van der Waals surface area (Å²) in [6.07, 6.45) is 0.516. The maximum absolute atomic E-state index is 6.89. The molecule has 266 valence electrons. The molecule has 0 bridgehead atoms. The predicted octanol–water partition coefficient (Wildman–Crippen LogP) is 13.3. The smallest absolute Gasteiger partial charge is 0.163 e. The Morgan fingerprint density at radius 1 is 0.421 bits per heavy atom. The molecule has 5 heteroatoms. The van der Waals surface area contributed by atoms with Gasteiger partial charge in [0.25, 0.3) is 0 Å². The molecule has 0 aliphatic carbocycles. The predicted molar refractivity (Wildman–Crippen MR) is 234 cm³/mol. The highest BCUT2D eigenvalue weighted by Gasteiger charge is 2.20. The minimum atomic E-state index is 0.516. The molecule has 0 radical (unpaired) electrons. The highest BCUT2D eigenvalue weighted by atomic mass is 16.3. The van der Waals surface area contributed by atoms with Crippen molar-refractivity contribution >= 4 is 76.1 Å². The number of furan rings is 1. The van der Waals surface area contributed by atoms with Crippen molar-refractivity contribution in [3.63, 3.8) is 0 Å². The fourth-order valence-corrected chi connectivity index (χ4v) is 8.69. The van der Waals surface area contributed by atoms with Crippen LogP contribution in [0.1, 0.15) is 11.4 Å². The first-order valence-corrected chi connectivity index (χ1v) is 19.3. The van der Waals surface area contributed by atoms with Crippen LogP contribution in [-0.2, 0) is 6.42 Å². The van der Waals surface area contributed by atoms with Crippen molar-refractivity contribution in [2.45, 2.75) is 6.42 Å². The lowest BCUT2D eigenvalue weighted by Gasteiger charge is -2.10. The Balaban J connectivity index is 1.000. The molecule has 0 unspecified atom stereocenters. The lowest BCUT2D eigenvalue weighted by molar-refractivity contribution is 0.665. The molecule has 0 saturated heterocycles. The quantitative estimate of drug-likeness (QED) is 0.177. The summed E-state index contributed by atoms with van der Waals surface area (Å²) in [6.45, 7) is 0. The van der Waals surface area contributed by atoms with Crippen LogP contribution in [-0.4, -0.2) is 19.5 Å². The number of aromatic nitrogens is 4. The van der Waals surface area contributed by atoms with E-state index in [1.54, 1.807) is 0 Å². The van der Waals surface area contributed by atoms with Gasteiger partial charge in [-0.1, -0.05) is 152 Å². The second-order valence-electron chi connectivity index (χ2n) is 14.8. The SMILES string of the molecule is c1ccc2cc(-c3nc(Cc4ccc5c(c4)oc4c(-n6c7ccccc7c7ccc8ccccc8c76)cccc45)nc(-c4ccc5ccccc5c4)n3)ccc2c1. The molecule has 0 aliphatic rings. The Kier molecular flexibility index (Phi) is 6.92. The molecule has 0 saturated carbocycles. The number of hydrogen-bond acceptors (Lipinski definition) is 4. The average Bonchev–Trinajstić information content (AvgIpc) is 3.82. The van der Waals surface area contributed by atoms with E-state index in [9.17, 15) is 0 Å². The van der Waals surface area contributed by atoms with Crippen LogP contribution in [0.15, 0.2) is 186 Å². The molecule has 0 fully saturated rings. The molecule has 3 aromatic heterocycles. The van der Waals surface area contributed by atoms with E-state index in [4.69, 9.17) is 19.4 Å². The van der Waals surface area contributed by atoms with Crippen LogP contribution in [0.25, 0.3) is 105 Å². The highest BCUT2D eigenvalue weighted by Crippen LogP contribution is 2.40. The van der Waals surface area contributed by atoms with Gasteiger partial charge >= 0.3 is 0 Å². The van der Waals surface area contributed by atoms with E-state index in [1.165, 1.54) is 37.8 Å². The monoisotopic (exact) mass is 728 g/mol. The Bertz CT molecular complexity index is 3480. The van der Waals surface area contributed by atoms with Gasteiger partial charge in [-0.25, -0.2) is 15.0 Å². The number of fused-ring (bicyclic) bond motifs is 10. The summed E-state index contributed by atoms with van der Waals surface area (Å²) in [6, 6.07) is 64.3. The molecule has 12 rings (SSSR count). The number of rotatable bonds is 5. The van der Waals surface area contributed by atoms with Gasteiger partial charge in [0.05, 0.1) is 16.7 Å². The molecular weight excluding hydrogens is 697 g/mol. The third kappa shape index (κ3) is 5.13. The lowest BCUT2D eigenvalue weighted by Crippen LogP contribution is -2.04. The summed E-state index contributed by atoms with van der Waals surface area (Å²) >= 11 is 0. The van der Waals surface area contributed by atoms with Crippen LogP contribution < -0.4 is 0 Å². The van der Waals surface area contributed by atoms with Gasteiger partial charge in [0.15, 0.2) is 17.2 Å². The molecule has 12 aromatic rings. The van der Waals surface area contributed by atoms with Crippen LogP contribution >= 0.6 is 0 Å². The molecule has 0 spiro atoms. The first-order valence-electron chi connectivity index (χ1n) is 19.3. The fourth-order valence-electron chi connectivity index (χ4n) is 8.69. The van der Waals surface area contributed by atoms with Gasteiger partial charge in [0, 0.05) is 44.5 Å². The van der Waals surface area contributed by atoms with Crippen LogP contribution in [0.4, 0.5) is 0 Å². The standard InChI is InChI=1S/C52H32N4O/c1-3-13-36-30-38(23-21-33(36)10-1)51-53-48(54-52(55-51)39-24-22-34-11-2-4-14-37(34)31-39)29-32-20-26-42-44-17-9-19-46(50(44)57-47(42)28-32)56-45-18-8-7-16-41(45)43-27-25-35-12-5-6-15-40(35)49(43)56/h1-28,30-31H,29H2. The molecule has 0 atom stereocenters. The number of benzene rings is 9. The van der Waals surface area contributed by atoms with Gasteiger partial charge in [0.1, 0.15) is 11.4 Å². The van der Waals surface area contributed by atoms with Gasteiger partial charge in [0.2, 0.25) is 0 Å². The summed E-state index contributed by atoms with van der Waals surface area (Å²) in [5.74, 6) is 2.01. The van der Waals surface area contributed by atoms with Crippen molar-refractivity contribution in [3.05, 3.63) is 193 Å². The highest BCUT2D eigenvalue weighted by molar-refractivity contribution is 6.19. The van der Waals surface area contributed by atoms with Crippen LogP contribution in [0.5, 0.6) is 0 Å². The first-order chi connectivity index (χ1) is 28.2. The topological polar surface area (TPSA) is 56.7 Å². The average molecular weight is 729 g/mol. The molecule has 9 aromatic carbocycles. The van der Waals surface area contributed by atoms with Gasteiger partial charge in [-0.3, -0.25) is 0 Å². The van der Waals surface area contributed by atoms with Crippen LogP contribution in [0.3, 0.4) is 0 Å². The van der Waals surface area contributed by atoms with Crippen LogP contribution in [0.2, 0.25) is 0 Å². The van der Waals surface area contributed by atoms with Gasteiger partial charge in [-0.15, -0.1) is 0 Å². The van der Waals surface area contributed by atoms with E-state index in [2.05, 4.69) is 187 Å². The van der Waals surface area contributed by atoms with Crippen molar-refractivity contribution in [1.82, 2.24) is 19.5 Å². The van der Waals surface area contributed by atoms with E-state index in [1.807, 2.05) is 0 Å². The van der Waals surface area contributed by atoms with Crippen molar-refractivity contribution in [2.24, 2.45) is 0 Å². The minimum absolute atomic E-state index is 0.516. The van der Waals surface area contributed by atoms with Gasteiger partial charge < -0.3 is 8.98 Å². The molecule has 0 aliphatic heterocycles. The van der Waals surface area contributed by atoms with E-state index in [0.29, 0.717) is 23.9 Å². The minimum Gasteiger partial charge on any atom is -0.454 e. The van der Waals surface area contributed by atoms with Crippen molar-refractivity contribution in [2.75, 3.05) is 0 Å². The molecule has 57 heavy (non-hydrogen) atoms. The molecular formula is C52H32N4O. The maximum atomic E-state index is 6.89. The Labute approximate surface area is 327 Å². The van der Waals surface area contributed by atoms with Gasteiger partial charge in [-0.05, 0) is 62.8 Å². The van der Waals surface area contributed by atoms with E-state index in [-0.39, 0.29) is 0 Å².